The van der Waals surface area contributed by atoms with E-state index >= 15 is 0 Å². The molecule has 1 saturated heterocycles. The second-order valence-electron chi connectivity index (χ2n) is 9.44. The molecule has 5 unspecified atom stereocenters. The zero-order chi connectivity index (χ0) is 22.2. The summed E-state index contributed by atoms with van der Waals surface area (Å²) in [4.78, 5) is 10.5. The second kappa shape index (κ2) is 11.9. The summed E-state index contributed by atoms with van der Waals surface area (Å²) in [7, 11) is 2.37. The lowest BCUT2D eigenvalue weighted by molar-refractivity contribution is -0.439. The number of hydrogen-bond donors (Lipinski definition) is 2. The van der Waals surface area contributed by atoms with Crippen LogP contribution in [0.25, 0.3) is 0 Å². The highest BCUT2D eigenvalue weighted by Crippen LogP contribution is 2.49. The summed E-state index contributed by atoms with van der Waals surface area (Å²) in [6, 6.07) is 0. The largest absolute Gasteiger partial charge is 0.481 e. The maximum atomic E-state index is 10.7. The molecule has 0 amide bonds. The van der Waals surface area contributed by atoms with Crippen LogP contribution >= 0.6 is 9.47 Å². The molecule has 0 aromatic rings. The molecule has 0 aromatic carbocycles. The van der Waals surface area contributed by atoms with Crippen LogP contribution in [0.3, 0.4) is 0 Å². The maximum absolute atomic E-state index is 10.7. The Morgan fingerprint density at radius 3 is 2.53 bits per heavy atom. The molecule has 0 spiro atoms. The Labute approximate surface area is 184 Å². The van der Waals surface area contributed by atoms with Crippen LogP contribution in [-0.2, 0) is 18.8 Å². The Morgan fingerprint density at radius 1 is 1.23 bits per heavy atom. The SMILES string of the molecule is CCC(C)(C)C1(CCC2C(OP)CC(O)C2C/C=C/CCCCCC(=O)O)OCO1. The molecule has 1 aliphatic heterocycles. The van der Waals surface area contributed by atoms with Crippen molar-refractivity contribution in [2.75, 3.05) is 6.79 Å². The van der Waals surface area contributed by atoms with E-state index in [0.29, 0.717) is 13.2 Å². The van der Waals surface area contributed by atoms with Crippen LogP contribution < -0.4 is 0 Å². The van der Waals surface area contributed by atoms with Gasteiger partial charge in [0.1, 0.15) is 0 Å². The summed E-state index contributed by atoms with van der Waals surface area (Å²) in [5.41, 5.74) is -0.0597. The third-order valence-corrected chi connectivity index (χ3v) is 7.66. The van der Waals surface area contributed by atoms with Gasteiger partial charge in [-0.2, -0.15) is 0 Å². The minimum atomic E-state index is -0.723. The highest BCUT2D eigenvalue weighted by Gasteiger charge is 2.53. The lowest BCUT2D eigenvalue weighted by Gasteiger charge is -2.52. The monoisotopic (exact) mass is 444 g/mol. The molecule has 0 aromatic heterocycles. The first-order valence-electron chi connectivity index (χ1n) is 11.4. The summed E-state index contributed by atoms with van der Waals surface area (Å²) < 4.78 is 17.5. The molecular formula is C23H41O6P. The Hall–Kier alpha value is -0.520. The highest BCUT2D eigenvalue weighted by atomic mass is 31.0. The van der Waals surface area contributed by atoms with Crippen molar-refractivity contribution >= 4 is 15.4 Å². The van der Waals surface area contributed by atoms with E-state index in [0.717, 1.165) is 51.4 Å². The van der Waals surface area contributed by atoms with Gasteiger partial charge in [-0.1, -0.05) is 39.3 Å². The molecule has 0 radical (unpaired) electrons. The summed E-state index contributed by atoms with van der Waals surface area (Å²) in [5.74, 6) is -0.827. The van der Waals surface area contributed by atoms with Gasteiger partial charge in [0, 0.05) is 34.1 Å². The molecule has 1 saturated carbocycles. The van der Waals surface area contributed by atoms with Crippen LogP contribution in [0.1, 0.15) is 85.0 Å². The minimum Gasteiger partial charge on any atom is -0.481 e. The van der Waals surface area contributed by atoms with Gasteiger partial charge < -0.3 is 24.2 Å². The maximum Gasteiger partial charge on any atom is 0.303 e. The molecule has 6 nitrogen and oxygen atoms in total. The minimum absolute atomic E-state index is 0.0290. The fourth-order valence-corrected chi connectivity index (χ4v) is 5.14. The fraction of sp³-hybridized carbons (Fsp3) is 0.870. The number of ether oxygens (including phenoxy) is 2. The van der Waals surface area contributed by atoms with E-state index in [1.54, 1.807) is 0 Å². The molecule has 2 N–H and O–H groups in total. The Bertz CT molecular complexity index is 560. The molecule has 30 heavy (non-hydrogen) atoms. The van der Waals surface area contributed by atoms with Crippen LogP contribution in [0.15, 0.2) is 12.2 Å². The van der Waals surface area contributed by atoms with Crippen molar-refractivity contribution < 1.29 is 29.0 Å². The van der Waals surface area contributed by atoms with Crippen LogP contribution in [0.4, 0.5) is 0 Å². The van der Waals surface area contributed by atoms with Gasteiger partial charge in [-0.25, -0.2) is 0 Å². The topological polar surface area (TPSA) is 85.2 Å². The molecule has 2 fully saturated rings. The first-order valence-corrected chi connectivity index (χ1v) is 11.9. The van der Waals surface area contributed by atoms with Gasteiger partial charge in [-0.3, -0.25) is 4.79 Å². The van der Waals surface area contributed by atoms with Crippen molar-refractivity contribution in [3.63, 3.8) is 0 Å². The molecule has 5 atom stereocenters. The molecule has 0 bridgehead atoms. The predicted molar refractivity (Wildman–Crippen MR) is 120 cm³/mol. The lowest BCUT2D eigenvalue weighted by atomic mass is 9.75. The van der Waals surface area contributed by atoms with Crippen LogP contribution in [-0.4, -0.2) is 41.0 Å². The van der Waals surface area contributed by atoms with E-state index in [1.165, 1.54) is 0 Å². The standard InChI is InChI=1S/C23H41O6P/c1-4-22(2,3)23(27-16-28-23)14-13-18-17(19(24)15-20(18)29-30)11-9-7-5-6-8-10-12-21(25)26/h7,9,17-20,24H,4-6,8,10-16,30H2,1-3H3,(H,25,26)/b9-7+. The van der Waals surface area contributed by atoms with Gasteiger partial charge in [0.2, 0.25) is 0 Å². The van der Waals surface area contributed by atoms with E-state index in [9.17, 15) is 9.90 Å². The smallest absolute Gasteiger partial charge is 0.303 e. The molecular weight excluding hydrogens is 403 g/mol. The van der Waals surface area contributed by atoms with E-state index in [2.05, 4.69) is 42.4 Å². The third-order valence-electron chi connectivity index (χ3n) is 7.31. The van der Waals surface area contributed by atoms with E-state index in [-0.39, 0.29) is 35.9 Å². The molecule has 2 rings (SSSR count). The fourth-order valence-electron chi connectivity index (χ4n) is 4.82. The predicted octanol–water partition coefficient (Wildman–Crippen LogP) is 5.06. The summed E-state index contributed by atoms with van der Waals surface area (Å²) in [6.45, 7) is 6.90. The van der Waals surface area contributed by atoms with Crippen molar-refractivity contribution in [2.24, 2.45) is 17.3 Å². The summed E-state index contributed by atoms with van der Waals surface area (Å²) in [5, 5.41) is 19.3. The quantitative estimate of drug-likeness (QED) is 0.221. The summed E-state index contributed by atoms with van der Waals surface area (Å²) >= 11 is 0. The number of rotatable bonds is 14. The van der Waals surface area contributed by atoms with Gasteiger partial charge in [0.25, 0.3) is 0 Å². The number of aliphatic hydroxyl groups excluding tert-OH is 1. The van der Waals surface area contributed by atoms with Gasteiger partial charge in [-0.15, -0.1) is 0 Å². The first kappa shape index (κ1) is 25.7. The van der Waals surface area contributed by atoms with Crippen molar-refractivity contribution in [2.45, 2.75) is 103 Å². The van der Waals surface area contributed by atoms with Gasteiger partial charge in [-0.05, 0) is 50.4 Å². The Morgan fingerprint density at radius 2 is 1.97 bits per heavy atom. The second-order valence-corrected chi connectivity index (χ2v) is 9.71. The molecule has 1 heterocycles. The molecule has 2 aliphatic rings. The van der Waals surface area contributed by atoms with Crippen molar-refractivity contribution in [3.8, 4) is 0 Å². The first-order chi connectivity index (χ1) is 14.3. The molecule has 174 valence electrons. The van der Waals surface area contributed by atoms with Crippen LogP contribution in [0.5, 0.6) is 0 Å². The number of carboxylic acid groups (broad SMARTS) is 1. The van der Waals surface area contributed by atoms with Crippen molar-refractivity contribution in [3.05, 3.63) is 12.2 Å². The van der Waals surface area contributed by atoms with E-state index in [1.807, 2.05) is 0 Å². The van der Waals surface area contributed by atoms with Crippen molar-refractivity contribution in [1.29, 1.82) is 0 Å². The number of aliphatic carboxylic acids is 1. The lowest BCUT2D eigenvalue weighted by Crippen LogP contribution is -2.57. The third kappa shape index (κ3) is 6.49. The van der Waals surface area contributed by atoms with Crippen LogP contribution in [0.2, 0.25) is 0 Å². The van der Waals surface area contributed by atoms with Crippen LogP contribution in [0, 0.1) is 17.3 Å². The van der Waals surface area contributed by atoms with Gasteiger partial charge >= 0.3 is 5.97 Å². The molecule has 7 heteroatoms. The number of hydrogen-bond acceptors (Lipinski definition) is 5. The highest BCUT2D eigenvalue weighted by molar-refractivity contribution is 7.09. The van der Waals surface area contributed by atoms with E-state index in [4.69, 9.17) is 19.1 Å². The number of carboxylic acids is 1. The van der Waals surface area contributed by atoms with Crippen molar-refractivity contribution in [1.82, 2.24) is 0 Å². The van der Waals surface area contributed by atoms with Gasteiger partial charge in [0.15, 0.2) is 12.6 Å². The molecule has 1 aliphatic carbocycles. The normalized spacial score (nSPS) is 28.7. The Balaban J connectivity index is 1.86. The average Bonchev–Trinajstić information content (AvgIpc) is 2.97. The number of carbonyl (C=O) groups is 1. The number of aliphatic hydroxyl groups is 1. The zero-order valence-corrected chi connectivity index (χ0v) is 20.0. The number of unbranched alkanes of at least 4 members (excludes halogenated alkanes) is 3. The Kier molecular flexibility index (Phi) is 10.2. The van der Waals surface area contributed by atoms with E-state index < -0.39 is 11.8 Å². The van der Waals surface area contributed by atoms with Gasteiger partial charge in [0.05, 0.1) is 12.2 Å². The summed E-state index contributed by atoms with van der Waals surface area (Å²) in [6.07, 6.45) is 12.0. The zero-order valence-electron chi connectivity index (χ0n) is 18.8. The average molecular weight is 445 g/mol. The number of allylic oxidation sites excluding steroid dienone is 2.